The smallest absolute Gasteiger partial charge is 0.331 e. The number of hydrogen-bond donors (Lipinski definition) is 0. The number of fused-ring (bicyclic) bond motifs is 1. The van der Waals surface area contributed by atoms with Crippen molar-refractivity contribution < 1.29 is 4.79 Å². The molecule has 0 aliphatic heterocycles. The van der Waals surface area contributed by atoms with Crippen LogP contribution in [0.15, 0.2) is 94.5 Å². The van der Waals surface area contributed by atoms with E-state index < -0.39 is 5.69 Å². The van der Waals surface area contributed by atoms with Gasteiger partial charge in [0.25, 0.3) is 5.56 Å². The number of carbonyl (C=O) groups is 1. The number of para-hydroxylation sites is 1. The van der Waals surface area contributed by atoms with E-state index in [1.807, 2.05) is 60.7 Å². The molecule has 0 aliphatic rings. The molecule has 3 aromatic carbocycles. The van der Waals surface area contributed by atoms with E-state index >= 15 is 0 Å². The average Bonchev–Trinajstić information content (AvgIpc) is 2.83. The Bertz CT molecular complexity index is 1300. The van der Waals surface area contributed by atoms with Gasteiger partial charge in [0.1, 0.15) is 6.54 Å². The van der Waals surface area contributed by atoms with Gasteiger partial charge < -0.3 is 4.90 Å². The van der Waals surface area contributed by atoms with Crippen molar-refractivity contribution in [3.63, 3.8) is 0 Å². The van der Waals surface area contributed by atoms with E-state index in [4.69, 9.17) is 0 Å². The Labute approximate surface area is 186 Å². The first-order valence-electron chi connectivity index (χ1n) is 10.7. The van der Waals surface area contributed by atoms with Gasteiger partial charge in [-0.3, -0.25) is 18.7 Å². The summed E-state index contributed by atoms with van der Waals surface area (Å²) in [7, 11) is 0. The van der Waals surface area contributed by atoms with Crippen LogP contribution >= 0.6 is 0 Å². The predicted octanol–water partition coefficient (Wildman–Crippen LogP) is 3.41. The highest BCUT2D eigenvalue weighted by molar-refractivity contribution is 5.81. The first-order valence-corrected chi connectivity index (χ1v) is 10.7. The van der Waals surface area contributed by atoms with Crippen molar-refractivity contribution in [1.82, 2.24) is 14.0 Å². The van der Waals surface area contributed by atoms with Crippen LogP contribution in [0.2, 0.25) is 0 Å². The molecule has 0 fully saturated rings. The number of benzene rings is 3. The molecule has 0 spiro atoms. The van der Waals surface area contributed by atoms with Gasteiger partial charge in [-0.25, -0.2) is 4.79 Å². The van der Waals surface area contributed by atoms with Gasteiger partial charge in [0, 0.05) is 19.6 Å². The van der Waals surface area contributed by atoms with Crippen LogP contribution in [-0.4, -0.2) is 19.9 Å². The lowest BCUT2D eigenvalue weighted by Crippen LogP contribution is -2.43. The maximum atomic E-state index is 13.5. The molecule has 1 amide bonds. The Morgan fingerprint density at radius 1 is 0.750 bits per heavy atom. The highest BCUT2D eigenvalue weighted by Gasteiger charge is 2.19. The summed E-state index contributed by atoms with van der Waals surface area (Å²) in [6.07, 6.45) is 0. The van der Waals surface area contributed by atoms with Gasteiger partial charge in [-0.1, -0.05) is 72.8 Å². The first kappa shape index (κ1) is 21.3. The van der Waals surface area contributed by atoms with E-state index in [-0.39, 0.29) is 24.6 Å². The summed E-state index contributed by atoms with van der Waals surface area (Å²) in [6.45, 7) is 2.71. The van der Waals surface area contributed by atoms with Crippen molar-refractivity contribution in [2.45, 2.75) is 33.1 Å². The van der Waals surface area contributed by atoms with Crippen molar-refractivity contribution in [2.24, 2.45) is 0 Å². The second-order valence-electron chi connectivity index (χ2n) is 7.66. The van der Waals surface area contributed by atoms with Crippen LogP contribution in [-0.2, 0) is 31.0 Å². The quantitative estimate of drug-likeness (QED) is 0.454. The fraction of sp³-hybridized carbons (Fsp3) is 0.192. The SMILES string of the molecule is CCn1c(=O)c2ccccc2n(CC(=O)N(Cc2ccccc2)Cc2ccccc2)c1=O. The normalized spacial score (nSPS) is 10.9. The molecule has 0 aliphatic carbocycles. The summed E-state index contributed by atoms with van der Waals surface area (Å²) in [5, 5.41) is 0.430. The predicted molar refractivity (Wildman–Crippen MR) is 125 cm³/mol. The third kappa shape index (κ3) is 4.39. The Morgan fingerprint density at radius 2 is 1.28 bits per heavy atom. The third-order valence-electron chi connectivity index (χ3n) is 5.53. The monoisotopic (exact) mass is 427 g/mol. The Hall–Kier alpha value is -3.93. The van der Waals surface area contributed by atoms with Crippen LogP contribution in [0.25, 0.3) is 10.9 Å². The molecule has 6 heteroatoms. The molecule has 1 heterocycles. The molecule has 0 bridgehead atoms. The van der Waals surface area contributed by atoms with Crippen molar-refractivity contribution in [3.8, 4) is 0 Å². The molecular weight excluding hydrogens is 402 g/mol. The minimum absolute atomic E-state index is 0.140. The van der Waals surface area contributed by atoms with Crippen molar-refractivity contribution >= 4 is 16.8 Å². The molecule has 0 unspecified atom stereocenters. The Balaban J connectivity index is 1.73. The van der Waals surface area contributed by atoms with Crippen molar-refractivity contribution in [3.05, 3.63) is 117 Å². The standard InChI is InChI=1S/C26H25N3O3/c1-2-28-25(31)22-15-9-10-16-23(22)29(26(28)32)19-24(30)27(17-20-11-5-3-6-12-20)18-21-13-7-4-8-14-21/h3-16H,2,17-19H2,1H3. The molecule has 0 radical (unpaired) electrons. The molecule has 0 N–H and O–H groups in total. The van der Waals surface area contributed by atoms with Crippen LogP contribution in [0, 0.1) is 0 Å². The zero-order chi connectivity index (χ0) is 22.5. The molecule has 1 aromatic heterocycles. The maximum absolute atomic E-state index is 13.5. The number of aromatic nitrogens is 2. The van der Waals surface area contributed by atoms with Gasteiger partial charge in [0.15, 0.2) is 0 Å². The van der Waals surface area contributed by atoms with Crippen LogP contribution < -0.4 is 11.2 Å². The summed E-state index contributed by atoms with van der Waals surface area (Å²) in [4.78, 5) is 41.0. The van der Waals surface area contributed by atoms with Gasteiger partial charge in [0.2, 0.25) is 5.91 Å². The Morgan fingerprint density at radius 3 is 1.84 bits per heavy atom. The summed E-state index contributed by atoms with van der Waals surface area (Å²) in [5.74, 6) is -0.189. The summed E-state index contributed by atoms with van der Waals surface area (Å²) < 4.78 is 2.58. The van der Waals surface area contributed by atoms with Crippen LogP contribution in [0.4, 0.5) is 0 Å². The Kier molecular flexibility index (Phi) is 6.31. The average molecular weight is 428 g/mol. The summed E-state index contributed by atoms with van der Waals surface area (Å²) in [5.41, 5.74) is 1.69. The van der Waals surface area contributed by atoms with E-state index in [9.17, 15) is 14.4 Å². The van der Waals surface area contributed by atoms with Gasteiger partial charge in [-0.2, -0.15) is 0 Å². The van der Waals surface area contributed by atoms with E-state index in [0.29, 0.717) is 24.0 Å². The highest BCUT2D eigenvalue weighted by atomic mass is 16.2. The van der Waals surface area contributed by atoms with Gasteiger partial charge in [-0.15, -0.1) is 0 Å². The van der Waals surface area contributed by atoms with Gasteiger partial charge >= 0.3 is 5.69 Å². The maximum Gasteiger partial charge on any atom is 0.331 e. The molecule has 4 aromatic rings. The lowest BCUT2D eigenvalue weighted by atomic mass is 10.1. The summed E-state index contributed by atoms with van der Waals surface area (Å²) >= 11 is 0. The fourth-order valence-corrected chi connectivity index (χ4v) is 3.88. The number of hydrogen-bond acceptors (Lipinski definition) is 3. The molecule has 0 saturated heterocycles. The number of nitrogens with zero attached hydrogens (tertiary/aromatic N) is 3. The molecule has 162 valence electrons. The van der Waals surface area contributed by atoms with Crippen molar-refractivity contribution in [1.29, 1.82) is 0 Å². The van der Waals surface area contributed by atoms with Crippen molar-refractivity contribution in [2.75, 3.05) is 0 Å². The summed E-state index contributed by atoms with van der Waals surface area (Å²) in [6, 6.07) is 26.5. The second-order valence-corrected chi connectivity index (χ2v) is 7.66. The highest BCUT2D eigenvalue weighted by Crippen LogP contribution is 2.13. The largest absolute Gasteiger partial charge is 0.332 e. The topological polar surface area (TPSA) is 64.3 Å². The fourth-order valence-electron chi connectivity index (χ4n) is 3.88. The third-order valence-corrected chi connectivity index (χ3v) is 5.53. The van der Waals surface area contributed by atoms with E-state index in [0.717, 1.165) is 11.1 Å². The van der Waals surface area contributed by atoms with Crippen LogP contribution in [0.1, 0.15) is 18.1 Å². The second kappa shape index (κ2) is 9.47. The molecule has 6 nitrogen and oxygen atoms in total. The van der Waals surface area contributed by atoms with E-state index in [1.165, 1.54) is 9.13 Å². The first-order chi connectivity index (χ1) is 15.6. The number of amides is 1. The molecule has 32 heavy (non-hydrogen) atoms. The number of rotatable bonds is 7. The minimum Gasteiger partial charge on any atom is -0.332 e. The minimum atomic E-state index is -0.469. The lowest BCUT2D eigenvalue weighted by Gasteiger charge is -2.24. The zero-order valence-corrected chi connectivity index (χ0v) is 18.0. The number of carbonyl (C=O) groups excluding carboxylic acids is 1. The van der Waals surface area contributed by atoms with Crippen LogP contribution in [0.3, 0.4) is 0 Å². The molecule has 4 rings (SSSR count). The molecular formula is C26H25N3O3. The lowest BCUT2D eigenvalue weighted by molar-refractivity contribution is -0.133. The van der Waals surface area contributed by atoms with Gasteiger partial charge in [-0.05, 0) is 30.2 Å². The van der Waals surface area contributed by atoms with E-state index in [2.05, 4.69) is 0 Å². The molecule has 0 atom stereocenters. The van der Waals surface area contributed by atoms with Gasteiger partial charge in [0.05, 0.1) is 10.9 Å². The zero-order valence-electron chi connectivity index (χ0n) is 18.0. The van der Waals surface area contributed by atoms with Crippen LogP contribution in [0.5, 0.6) is 0 Å². The van der Waals surface area contributed by atoms with E-state index in [1.54, 1.807) is 36.1 Å². The molecule has 0 saturated carbocycles.